The number of aliphatic hydroxyl groups is 2. The summed E-state index contributed by atoms with van der Waals surface area (Å²) in [5.41, 5.74) is 8.22. The summed E-state index contributed by atoms with van der Waals surface area (Å²) >= 11 is -0.00399. The Kier molecular flexibility index (Phi) is 6.33. The Hall–Kier alpha value is -1.49. The minimum atomic E-state index is -1.27. The van der Waals surface area contributed by atoms with Crippen LogP contribution in [0, 0.1) is 0 Å². The van der Waals surface area contributed by atoms with Gasteiger partial charge in [0.1, 0.15) is 0 Å². The zero-order valence-corrected chi connectivity index (χ0v) is 14.5. The maximum absolute atomic E-state index is 11.8. The van der Waals surface area contributed by atoms with E-state index in [1.807, 2.05) is 0 Å². The Morgan fingerprint density at radius 2 is 2.25 bits per heavy atom. The number of aliphatic carboxylic acids is 1. The van der Waals surface area contributed by atoms with Crippen molar-refractivity contribution in [3.05, 3.63) is 22.7 Å². The molecule has 1 aromatic rings. The SMILES string of the molecule is Nc1ccn([C@@H]2O[C@H](C[Se]CC[C@H]([NH3+])C(=O)[O-])[C@@H](O)[C@H]2O)c(=O)n1. The van der Waals surface area contributed by atoms with Gasteiger partial charge in [0, 0.05) is 0 Å². The van der Waals surface area contributed by atoms with Crippen LogP contribution in [0.1, 0.15) is 12.6 Å². The molecule has 0 bridgehead atoms. The molecule has 2 rings (SSSR count). The van der Waals surface area contributed by atoms with Gasteiger partial charge in [-0.3, -0.25) is 0 Å². The monoisotopic (exact) mass is 408 g/mol. The first-order valence-electron chi connectivity index (χ1n) is 7.29. The summed E-state index contributed by atoms with van der Waals surface area (Å²) in [5, 5.41) is 31.9. The van der Waals surface area contributed by atoms with E-state index in [9.17, 15) is 24.9 Å². The van der Waals surface area contributed by atoms with Crippen molar-refractivity contribution in [2.75, 3.05) is 5.73 Å². The average Bonchev–Trinajstić information content (AvgIpc) is 2.79. The molecule has 1 aliphatic heterocycles. The number of nitrogen functional groups attached to an aromatic ring is 1. The summed E-state index contributed by atoms with van der Waals surface area (Å²) in [6.07, 6.45) is -2.34. The summed E-state index contributed by atoms with van der Waals surface area (Å²) in [6.45, 7) is 0. The normalized spacial score (nSPS) is 28.0. The molecule has 7 N–H and O–H groups in total. The molecule has 134 valence electrons. The Morgan fingerprint density at radius 3 is 2.88 bits per heavy atom. The van der Waals surface area contributed by atoms with Crippen LogP contribution in [0.3, 0.4) is 0 Å². The summed E-state index contributed by atoms with van der Waals surface area (Å²) in [6, 6.07) is 0.634. The van der Waals surface area contributed by atoms with Crippen LogP contribution >= 0.6 is 0 Å². The molecule has 0 aromatic carbocycles. The predicted molar refractivity (Wildman–Crippen MR) is 80.5 cm³/mol. The van der Waals surface area contributed by atoms with E-state index in [4.69, 9.17) is 10.5 Å². The number of carbonyl (C=O) groups excluding carboxylic acids is 1. The van der Waals surface area contributed by atoms with E-state index < -0.39 is 42.2 Å². The number of carbonyl (C=O) groups is 1. The third-order valence-corrected chi connectivity index (χ3v) is 5.97. The van der Waals surface area contributed by atoms with E-state index in [0.29, 0.717) is 17.1 Å². The number of carboxylic acids is 1. The molecule has 24 heavy (non-hydrogen) atoms. The van der Waals surface area contributed by atoms with E-state index in [1.54, 1.807) is 0 Å². The molecule has 1 aromatic heterocycles. The van der Waals surface area contributed by atoms with Crippen LogP contribution in [0.4, 0.5) is 5.82 Å². The van der Waals surface area contributed by atoms with Crippen molar-refractivity contribution >= 4 is 26.7 Å². The number of ether oxygens (including phenoxy) is 1. The van der Waals surface area contributed by atoms with Crippen molar-refractivity contribution in [2.45, 2.75) is 47.6 Å². The molecule has 0 amide bonds. The van der Waals surface area contributed by atoms with Gasteiger partial charge in [-0.1, -0.05) is 0 Å². The predicted octanol–water partition coefficient (Wildman–Crippen LogP) is -4.26. The number of nitrogens with zero attached hydrogens (tertiary/aromatic N) is 2. The second-order valence-corrected chi connectivity index (χ2v) is 7.88. The molecule has 0 spiro atoms. The molecule has 0 aliphatic carbocycles. The first-order valence-corrected chi connectivity index (χ1v) is 9.71. The molecule has 10 nitrogen and oxygen atoms in total. The van der Waals surface area contributed by atoms with Gasteiger partial charge < -0.3 is 0 Å². The van der Waals surface area contributed by atoms with Crippen molar-refractivity contribution in [3.8, 4) is 0 Å². The number of aromatic nitrogens is 2. The van der Waals surface area contributed by atoms with E-state index in [2.05, 4.69) is 10.7 Å². The molecule has 0 radical (unpaired) electrons. The van der Waals surface area contributed by atoms with E-state index in [0.717, 1.165) is 4.57 Å². The van der Waals surface area contributed by atoms with Crippen molar-refractivity contribution in [1.29, 1.82) is 0 Å². The minimum absolute atomic E-state index is 0.00399. The van der Waals surface area contributed by atoms with Crippen LogP contribution < -0.4 is 22.3 Å². The van der Waals surface area contributed by atoms with Gasteiger partial charge in [0.15, 0.2) is 0 Å². The van der Waals surface area contributed by atoms with Gasteiger partial charge in [-0.05, 0) is 0 Å². The molecule has 1 fully saturated rings. The Balaban J connectivity index is 1.92. The van der Waals surface area contributed by atoms with Crippen LogP contribution in [-0.2, 0) is 9.53 Å². The fraction of sp³-hybridized carbons (Fsp3) is 0.615. The van der Waals surface area contributed by atoms with Crippen molar-refractivity contribution < 1.29 is 30.6 Å². The molecule has 2 heterocycles. The maximum atomic E-state index is 11.8. The van der Waals surface area contributed by atoms with E-state index in [-0.39, 0.29) is 20.8 Å². The quantitative estimate of drug-likeness (QED) is 0.259. The molecular weight excluding hydrogens is 387 g/mol. The molecular formula is C13H20N4O6Se. The van der Waals surface area contributed by atoms with Crippen LogP contribution in [0.25, 0.3) is 0 Å². The summed E-state index contributed by atoms with van der Waals surface area (Å²) in [5.74, 6) is -1.13. The van der Waals surface area contributed by atoms with Gasteiger partial charge in [0.2, 0.25) is 0 Å². The molecule has 5 atom stereocenters. The topological polar surface area (TPSA) is 178 Å². The molecule has 11 heteroatoms. The van der Waals surface area contributed by atoms with Gasteiger partial charge >= 0.3 is 143 Å². The van der Waals surface area contributed by atoms with Crippen LogP contribution in [0.5, 0.6) is 0 Å². The van der Waals surface area contributed by atoms with Crippen molar-refractivity contribution in [3.63, 3.8) is 0 Å². The average molecular weight is 407 g/mol. The molecule has 0 unspecified atom stereocenters. The van der Waals surface area contributed by atoms with Gasteiger partial charge in [-0.2, -0.15) is 0 Å². The number of quaternary nitrogens is 1. The van der Waals surface area contributed by atoms with Crippen LogP contribution in [-0.4, -0.2) is 65.0 Å². The second kappa shape index (κ2) is 8.06. The number of aliphatic hydroxyl groups excluding tert-OH is 2. The first kappa shape index (κ1) is 18.8. The summed E-state index contributed by atoms with van der Waals surface area (Å²) in [7, 11) is 0. The Labute approximate surface area is 143 Å². The molecule has 0 saturated carbocycles. The Bertz CT molecular complexity index is 641. The zero-order valence-electron chi connectivity index (χ0n) is 12.8. The number of hydrogen-bond acceptors (Lipinski definition) is 8. The number of anilines is 1. The summed E-state index contributed by atoms with van der Waals surface area (Å²) < 4.78 is 6.68. The second-order valence-electron chi connectivity index (χ2n) is 5.47. The number of carboxylic acid groups (broad SMARTS) is 1. The number of nitrogens with two attached hydrogens (primary N) is 1. The Morgan fingerprint density at radius 1 is 1.54 bits per heavy atom. The third kappa shape index (κ3) is 4.32. The van der Waals surface area contributed by atoms with Crippen LogP contribution in [0.15, 0.2) is 17.1 Å². The van der Waals surface area contributed by atoms with Gasteiger partial charge in [-0.25, -0.2) is 0 Å². The van der Waals surface area contributed by atoms with Crippen molar-refractivity contribution in [2.24, 2.45) is 0 Å². The van der Waals surface area contributed by atoms with E-state index in [1.165, 1.54) is 12.3 Å². The fourth-order valence-corrected chi connectivity index (χ4v) is 4.62. The summed E-state index contributed by atoms with van der Waals surface area (Å²) in [4.78, 5) is 26.0. The first-order chi connectivity index (χ1) is 11.3. The van der Waals surface area contributed by atoms with Gasteiger partial charge in [-0.15, -0.1) is 0 Å². The van der Waals surface area contributed by atoms with Crippen molar-refractivity contribution in [1.82, 2.24) is 9.55 Å². The van der Waals surface area contributed by atoms with Crippen LogP contribution in [0.2, 0.25) is 10.6 Å². The van der Waals surface area contributed by atoms with Gasteiger partial charge in [0.05, 0.1) is 0 Å². The standard InChI is InChI=1S/C13H20N4O6Se/c14-6(12(20)21)2-4-24-5-7-9(18)10(19)11(23-7)17-3-1-8(15)16-13(17)22/h1,3,6-7,9-11,18-19H,2,4-5,14H2,(H,20,21)(H2,15,16,22)/t6-,7+,9+,10+,11+/m0/s1. The van der Waals surface area contributed by atoms with E-state index >= 15 is 0 Å². The number of rotatable bonds is 7. The molecule has 1 saturated heterocycles. The van der Waals surface area contributed by atoms with Gasteiger partial charge in [0.25, 0.3) is 0 Å². The fourth-order valence-electron chi connectivity index (χ4n) is 2.26. The third-order valence-electron chi connectivity index (χ3n) is 3.69. The molecule has 1 aliphatic rings. The zero-order chi connectivity index (χ0) is 17.9. The number of hydrogen-bond donors (Lipinski definition) is 4.